The normalized spacial score (nSPS) is 22.0. The van der Waals surface area contributed by atoms with Crippen LogP contribution in [0.4, 0.5) is 0 Å². The lowest BCUT2D eigenvalue weighted by Gasteiger charge is -2.34. The van der Waals surface area contributed by atoms with Gasteiger partial charge in [0.05, 0.1) is 18.7 Å². The number of ketones is 1. The van der Waals surface area contributed by atoms with E-state index in [1.807, 2.05) is 0 Å². The molecule has 1 N–H and O–H groups in total. The number of hydrogen-bond acceptors (Lipinski definition) is 7. The largest absolute Gasteiger partial charge is 0.509 e. The lowest BCUT2D eigenvalue weighted by Crippen LogP contribution is -2.47. The molecule has 1 fully saturated rings. The number of hydrogen-bond donors (Lipinski definition) is 1. The van der Waals surface area contributed by atoms with Gasteiger partial charge in [-0.1, -0.05) is 0 Å². The molecule has 0 saturated carbocycles. The summed E-state index contributed by atoms with van der Waals surface area (Å²) in [5.74, 6) is -0.231. The standard InChI is InChI=1S/C15H25N3O4/c1-21-9-8-18-6-4-17(5-7-18)3-2-16-10-13-14(19)11-22-12-15(13)20/h10,19H,2-9,11-12H2,1H3. The van der Waals surface area contributed by atoms with Gasteiger partial charge in [-0.3, -0.25) is 19.6 Å². The number of Topliss-reactive ketones (excluding diaryl/α,β-unsaturated/α-hetero) is 1. The second kappa shape index (κ2) is 8.99. The predicted octanol–water partition coefficient (Wildman–Crippen LogP) is -0.267. The van der Waals surface area contributed by atoms with E-state index in [0.29, 0.717) is 6.54 Å². The molecule has 0 spiro atoms. The molecular formula is C15H25N3O4. The fraction of sp³-hybridized carbons (Fsp3) is 0.733. The van der Waals surface area contributed by atoms with Crippen LogP contribution in [0.2, 0.25) is 0 Å². The fourth-order valence-electron chi connectivity index (χ4n) is 2.52. The van der Waals surface area contributed by atoms with Crippen LogP contribution in [-0.2, 0) is 14.3 Å². The van der Waals surface area contributed by atoms with Gasteiger partial charge in [-0.15, -0.1) is 0 Å². The molecule has 0 aromatic heterocycles. The summed E-state index contributed by atoms with van der Waals surface area (Å²) in [6, 6.07) is 0. The van der Waals surface area contributed by atoms with Crippen molar-refractivity contribution < 1.29 is 19.4 Å². The number of aliphatic imine (C=N–C) groups is 1. The minimum Gasteiger partial charge on any atom is -0.509 e. The first-order chi connectivity index (χ1) is 10.7. The van der Waals surface area contributed by atoms with Crippen LogP contribution in [0.3, 0.4) is 0 Å². The van der Waals surface area contributed by atoms with Crippen molar-refractivity contribution in [2.45, 2.75) is 0 Å². The Bertz CT molecular complexity index is 429. The minimum atomic E-state index is -0.209. The summed E-state index contributed by atoms with van der Waals surface area (Å²) in [7, 11) is 1.73. The Kier molecular flexibility index (Phi) is 6.98. The molecule has 2 aliphatic heterocycles. The van der Waals surface area contributed by atoms with Gasteiger partial charge in [0.15, 0.2) is 5.78 Å². The van der Waals surface area contributed by atoms with Gasteiger partial charge >= 0.3 is 0 Å². The van der Waals surface area contributed by atoms with E-state index < -0.39 is 0 Å². The molecule has 22 heavy (non-hydrogen) atoms. The van der Waals surface area contributed by atoms with E-state index in [9.17, 15) is 9.90 Å². The van der Waals surface area contributed by atoms with Crippen molar-refractivity contribution in [3.8, 4) is 0 Å². The van der Waals surface area contributed by atoms with Crippen molar-refractivity contribution in [1.29, 1.82) is 0 Å². The van der Waals surface area contributed by atoms with E-state index in [1.54, 1.807) is 7.11 Å². The number of nitrogens with zero attached hydrogens (tertiary/aromatic N) is 3. The van der Waals surface area contributed by atoms with Gasteiger partial charge in [0.1, 0.15) is 19.0 Å². The average molecular weight is 311 g/mol. The topological polar surface area (TPSA) is 74.6 Å². The molecule has 7 heteroatoms. The van der Waals surface area contributed by atoms with Gasteiger partial charge in [-0.2, -0.15) is 0 Å². The van der Waals surface area contributed by atoms with E-state index in [4.69, 9.17) is 9.47 Å². The Labute approximate surface area is 131 Å². The Balaban J connectivity index is 1.67. The number of carbonyl (C=O) groups excluding carboxylic acids is 1. The third-order valence-electron chi connectivity index (χ3n) is 3.93. The summed E-state index contributed by atoms with van der Waals surface area (Å²) in [5.41, 5.74) is 0.288. The molecule has 0 aromatic rings. The van der Waals surface area contributed by atoms with Gasteiger partial charge in [0, 0.05) is 52.6 Å². The van der Waals surface area contributed by atoms with Gasteiger partial charge in [0.25, 0.3) is 0 Å². The highest BCUT2D eigenvalue weighted by Crippen LogP contribution is 2.08. The van der Waals surface area contributed by atoms with Crippen molar-refractivity contribution in [2.75, 3.05) is 72.7 Å². The van der Waals surface area contributed by atoms with Crippen LogP contribution >= 0.6 is 0 Å². The van der Waals surface area contributed by atoms with Gasteiger partial charge in [-0.05, 0) is 0 Å². The average Bonchev–Trinajstić information content (AvgIpc) is 2.53. The van der Waals surface area contributed by atoms with Gasteiger partial charge in [0.2, 0.25) is 0 Å². The van der Waals surface area contributed by atoms with Crippen LogP contribution in [0.1, 0.15) is 0 Å². The van der Waals surface area contributed by atoms with Crippen molar-refractivity contribution in [3.05, 3.63) is 11.3 Å². The summed E-state index contributed by atoms with van der Waals surface area (Å²) in [4.78, 5) is 20.6. The Morgan fingerprint density at radius 2 is 1.91 bits per heavy atom. The Hall–Kier alpha value is -1.28. The molecule has 1 saturated heterocycles. The molecule has 124 valence electrons. The number of carbonyl (C=O) groups is 1. The van der Waals surface area contributed by atoms with Crippen LogP contribution in [0.5, 0.6) is 0 Å². The number of methoxy groups -OCH3 is 1. The summed E-state index contributed by atoms with van der Waals surface area (Å²) in [5, 5.41) is 9.60. The SMILES string of the molecule is COCCN1CCN(CCN=CC2=C(O)COCC2=O)CC1. The van der Waals surface area contributed by atoms with Gasteiger partial charge < -0.3 is 14.6 Å². The van der Waals surface area contributed by atoms with Crippen molar-refractivity contribution in [3.63, 3.8) is 0 Å². The molecule has 2 heterocycles. The van der Waals surface area contributed by atoms with E-state index in [1.165, 1.54) is 6.21 Å². The lowest BCUT2D eigenvalue weighted by atomic mass is 10.1. The molecule has 7 nitrogen and oxygen atoms in total. The highest BCUT2D eigenvalue weighted by molar-refractivity contribution is 6.14. The zero-order chi connectivity index (χ0) is 15.8. The molecule has 0 atom stereocenters. The number of ether oxygens (including phenoxy) is 2. The Morgan fingerprint density at radius 3 is 2.55 bits per heavy atom. The Morgan fingerprint density at radius 1 is 1.23 bits per heavy atom. The maximum Gasteiger partial charge on any atom is 0.193 e. The van der Waals surface area contributed by atoms with Crippen molar-refractivity contribution >= 4 is 12.0 Å². The lowest BCUT2D eigenvalue weighted by molar-refractivity contribution is -0.120. The van der Waals surface area contributed by atoms with E-state index in [-0.39, 0.29) is 30.3 Å². The first-order valence-electron chi connectivity index (χ1n) is 7.67. The highest BCUT2D eigenvalue weighted by atomic mass is 16.5. The van der Waals surface area contributed by atoms with E-state index in [2.05, 4.69) is 14.8 Å². The molecule has 2 aliphatic rings. The van der Waals surface area contributed by atoms with Crippen LogP contribution in [-0.4, -0.2) is 99.6 Å². The number of piperazine rings is 1. The molecule has 0 unspecified atom stereocenters. The zero-order valence-electron chi connectivity index (χ0n) is 13.2. The van der Waals surface area contributed by atoms with Crippen LogP contribution in [0.15, 0.2) is 16.3 Å². The molecule has 0 aliphatic carbocycles. The highest BCUT2D eigenvalue weighted by Gasteiger charge is 2.19. The van der Waals surface area contributed by atoms with Crippen molar-refractivity contribution in [2.24, 2.45) is 4.99 Å². The maximum absolute atomic E-state index is 11.6. The fourth-order valence-corrected chi connectivity index (χ4v) is 2.52. The smallest absolute Gasteiger partial charge is 0.193 e. The van der Waals surface area contributed by atoms with Gasteiger partial charge in [-0.25, -0.2) is 0 Å². The van der Waals surface area contributed by atoms with Crippen LogP contribution < -0.4 is 0 Å². The second-order valence-corrected chi connectivity index (χ2v) is 5.49. The number of rotatable bonds is 7. The molecule has 0 amide bonds. The third kappa shape index (κ3) is 5.17. The summed E-state index contributed by atoms with van der Waals surface area (Å²) < 4.78 is 10.0. The maximum atomic E-state index is 11.6. The van der Waals surface area contributed by atoms with E-state index in [0.717, 1.165) is 45.9 Å². The summed E-state index contributed by atoms with van der Waals surface area (Å²) >= 11 is 0. The first-order valence-corrected chi connectivity index (χ1v) is 7.67. The number of aliphatic hydroxyl groups is 1. The monoisotopic (exact) mass is 311 g/mol. The summed E-state index contributed by atoms with van der Waals surface area (Å²) in [6.45, 7) is 7.53. The van der Waals surface area contributed by atoms with E-state index >= 15 is 0 Å². The first kappa shape index (κ1) is 17.1. The number of aliphatic hydroxyl groups excluding tert-OH is 1. The summed E-state index contributed by atoms with van der Waals surface area (Å²) in [6.07, 6.45) is 1.48. The quantitative estimate of drug-likeness (QED) is 0.653. The molecule has 0 bridgehead atoms. The van der Waals surface area contributed by atoms with Crippen molar-refractivity contribution in [1.82, 2.24) is 9.80 Å². The molecular weight excluding hydrogens is 286 g/mol. The third-order valence-corrected chi connectivity index (χ3v) is 3.93. The molecule has 0 radical (unpaired) electrons. The van der Waals surface area contributed by atoms with Crippen LogP contribution in [0, 0.1) is 0 Å². The predicted molar refractivity (Wildman–Crippen MR) is 83.6 cm³/mol. The molecule has 0 aromatic carbocycles. The zero-order valence-corrected chi connectivity index (χ0v) is 13.2. The van der Waals surface area contributed by atoms with Crippen LogP contribution in [0.25, 0.3) is 0 Å². The molecule has 2 rings (SSSR count). The second-order valence-electron chi connectivity index (χ2n) is 5.49. The minimum absolute atomic E-state index is 0.0215.